The average Bonchev–Trinajstić information content (AvgIpc) is 3.22. The van der Waals surface area contributed by atoms with E-state index in [0.29, 0.717) is 30.3 Å². The Morgan fingerprint density at radius 3 is 2.59 bits per heavy atom. The lowest BCUT2D eigenvalue weighted by molar-refractivity contribution is 0.207. The fraction of sp³-hybridized carbons (Fsp3) is 0.286. The minimum Gasteiger partial charge on any atom is -0.493 e. The number of hydrogen-bond donors (Lipinski definition) is 0. The molecule has 1 atom stereocenters. The number of methoxy groups -OCH3 is 2. The molecule has 3 aromatic rings. The molecule has 152 valence electrons. The van der Waals surface area contributed by atoms with Crippen LogP contribution >= 0.6 is 0 Å². The van der Waals surface area contributed by atoms with Crippen LogP contribution in [0.3, 0.4) is 0 Å². The topological polar surface area (TPSA) is 78.0 Å². The molecule has 1 fully saturated rings. The molecule has 0 N–H and O–H groups in total. The van der Waals surface area contributed by atoms with Gasteiger partial charge in [-0.2, -0.15) is 4.31 Å². The van der Waals surface area contributed by atoms with Crippen LogP contribution in [-0.2, 0) is 10.0 Å². The molecule has 7 nitrogen and oxygen atoms in total. The Balaban J connectivity index is 1.49. The molecular weight excluding hydrogens is 392 g/mol. The van der Waals surface area contributed by atoms with Gasteiger partial charge in [-0.1, -0.05) is 18.2 Å². The highest BCUT2D eigenvalue weighted by Crippen LogP contribution is 2.32. The molecule has 1 saturated heterocycles. The van der Waals surface area contributed by atoms with Gasteiger partial charge in [0, 0.05) is 24.1 Å². The van der Waals surface area contributed by atoms with Crippen molar-refractivity contribution in [3.63, 3.8) is 0 Å². The summed E-state index contributed by atoms with van der Waals surface area (Å²) in [6.45, 7) is 0.653. The zero-order valence-electron chi connectivity index (χ0n) is 16.2. The number of hydrogen-bond acceptors (Lipinski definition) is 6. The Morgan fingerprint density at radius 1 is 1.00 bits per heavy atom. The predicted molar refractivity (Wildman–Crippen MR) is 109 cm³/mol. The number of aromatic nitrogens is 1. The zero-order chi connectivity index (χ0) is 20.4. The van der Waals surface area contributed by atoms with Crippen LogP contribution in [-0.4, -0.2) is 51.1 Å². The number of pyridine rings is 1. The first-order valence-corrected chi connectivity index (χ1v) is 10.7. The maximum atomic E-state index is 13.0. The quantitative estimate of drug-likeness (QED) is 0.617. The van der Waals surface area contributed by atoms with E-state index in [1.807, 2.05) is 36.4 Å². The van der Waals surface area contributed by atoms with Gasteiger partial charge in [0.05, 0.1) is 31.2 Å². The van der Waals surface area contributed by atoms with Crippen LogP contribution in [0.2, 0.25) is 0 Å². The summed E-state index contributed by atoms with van der Waals surface area (Å²) in [5, 5.41) is 1.03. The highest BCUT2D eigenvalue weighted by Gasteiger charge is 2.34. The molecule has 1 unspecified atom stereocenters. The molecule has 0 radical (unpaired) electrons. The average molecular weight is 414 g/mol. The van der Waals surface area contributed by atoms with Crippen molar-refractivity contribution in [2.75, 3.05) is 27.3 Å². The molecule has 1 aliphatic heterocycles. The molecule has 0 spiro atoms. The van der Waals surface area contributed by atoms with Crippen LogP contribution < -0.4 is 14.2 Å². The van der Waals surface area contributed by atoms with E-state index < -0.39 is 10.0 Å². The smallest absolute Gasteiger partial charge is 0.243 e. The number of benzene rings is 2. The minimum absolute atomic E-state index is 0.166. The van der Waals surface area contributed by atoms with Gasteiger partial charge in [-0.3, -0.25) is 0 Å². The lowest BCUT2D eigenvalue weighted by Crippen LogP contribution is -2.31. The van der Waals surface area contributed by atoms with Crippen molar-refractivity contribution in [3.8, 4) is 17.4 Å². The van der Waals surface area contributed by atoms with Gasteiger partial charge in [-0.25, -0.2) is 13.4 Å². The third kappa shape index (κ3) is 3.86. The molecule has 1 aliphatic rings. The van der Waals surface area contributed by atoms with Crippen LogP contribution in [0.1, 0.15) is 6.42 Å². The Bertz CT molecular complexity index is 1130. The maximum absolute atomic E-state index is 13.0. The van der Waals surface area contributed by atoms with E-state index in [0.717, 1.165) is 10.9 Å². The van der Waals surface area contributed by atoms with E-state index in [1.165, 1.54) is 30.7 Å². The van der Waals surface area contributed by atoms with Gasteiger partial charge in [0.25, 0.3) is 0 Å². The molecule has 8 heteroatoms. The van der Waals surface area contributed by atoms with Gasteiger partial charge in [0.1, 0.15) is 6.10 Å². The normalized spacial score (nSPS) is 17.4. The van der Waals surface area contributed by atoms with E-state index in [2.05, 4.69) is 4.98 Å². The van der Waals surface area contributed by atoms with Crippen molar-refractivity contribution >= 4 is 20.9 Å². The number of nitrogens with zero attached hydrogens (tertiary/aromatic N) is 2. The summed E-state index contributed by atoms with van der Waals surface area (Å²) >= 11 is 0. The largest absolute Gasteiger partial charge is 0.493 e. The summed E-state index contributed by atoms with van der Waals surface area (Å²) in [4.78, 5) is 4.67. The van der Waals surface area contributed by atoms with Crippen molar-refractivity contribution in [3.05, 3.63) is 54.6 Å². The third-order valence-corrected chi connectivity index (χ3v) is 6.82. The summed E-state index contributed by atoms with van der Waals surface area (Å²) in [5.41, 5.74) is 0.845. The first-order chi connectivity index (χ1) is 14.0. The Labute approximate surface area is 169 Å². The summed E-state index contributed by atoms with van der Waals surface area (Å²) in [6, 6.07) is 16.1. The van der Waals surface area contributed by atoms with Gasteiger partial charge in [0.15, 0.2) is 11.5 Å². The molecule has 4 rings (SSSR count). The minimum atomic E-state index is -3.66. The zero-order valence-corrected chi connectivity index (χ0v) is 17.1. The number of fused-ring (bicyclic) bond motifs is 1. The summed E-state index contributed by atoms with van der Waals surface area (Å²) < 4.78 is 43.9. The highest BCUT2D eigenvalue weighted by atomic mass is 32.2. The predicted octanol–water partition coefficient (Wildman–Crippen LogP) is 3.09. The fourth-order valence-corrected chi connectivity index (χ4v) is 4.92. The first kappa shape index (κ1) is 19.5. The van der Waals surface area contributed by atoms with Gasteiger partial charge >= 0.3 is 0 Å². The van der Waals surface area contributed by atoms with Crippen molar-refractivity contribution in [1.29, 1.82) is 0 Å². The summed E-state index contributed by atoms with van der Waals surface area (Å²) in [7, 11) is -0.673. The van der Waals surface area contributed by atoms with Crippen molar-refractivity contribution in [1.82, 2.24) is 9.29 Å². The van der Waals surface area contributed by atoms with Crippen LogP contribution in [0, 0.1) is 0 Å². The third-order valence-electron chi connectivity index (χ3n) is 4.96. The first-order valence-electron chi connectivity index (χ1n) is 9.26. The van der Waals surface area contributed by atoms with Crippen LogP contribution in [0.5, 0.6) is 17.4 Å². The van der Waals surface area contributed by atoms with Crippen LogP contribution in [0.25, 0.3) is 10.9 Å². The molecule has 0 bridgehead atoms. The number of sulfonamides is 1. The van der Waals surface area contributed by atoms with Crippen molar-refractivity contribution in [2.45, 2.75) is 17.4 Å². The molecule has 2 heterocycles. The molecule has 0 aliphatic carbocycles. The standard InChI is InChI=1S/C21H22N2O5S/c1-26-19-9-8-17(13-20(19)27-2)29(24,25)23-12-11-16(14-23)28-21-10-7-15-5-3-4-6-18(15)22-21/h3-10,13,16H,11-12,14H2,1-2H3. The van der Waals surface area contributed by atoms with E-state index >= 15 is 0 Å². The van der Waals surface area contributed by atoms with Gasteiger partial charge < -0.3 is 14.2 Å². The molecule has 0 amide bonds. The molecule has 1 aromatic heterocycles. The lowest BCUT2D eigenvalue weighted by atomic mass is 10.2. The monoisotopic (exact) mass is 414 g/mol. The Morgan fingerprint density at radius 2 is 1.79 bits per heavy atom. The molecule has 2 aromatic carbocycles. The summed E-state index contributed by atoms with van der Waals surface area (Å²) in [6.07, 6.45) is 0.347. The molecular formula is C21H22N2O5S. The summed E-state index contributed by atoms with van der Waals surface area (Å²) in [5.74, 6) is 1.36. The van der Waals surface area contributed by atoms with Gasteiger partial charge in [0.2, 0.25) is 15.9 Å². The fourth-order valence-electron chi connectivity index (χ4n) is 3.42. The van der Waals surface area contributed by atoms with Crippen molar-refractivity contribution < 1.29 is 22.6 Å². The van der Waals surface area contributed by atoms with E-state index in [1.54, 1.807) is 6.07 Å². The van der Waals surface area contributed by atoms with E-state index in [4.69, 9.17) is 14.2 Å². The lowest BCUT2D eigenvalue weighted by Gasteiger charge is -2.18. The van der Waals surface area contributed by atoms with Crippen molar-refractivity contribution in [2.24, 2.45) is 0 Å². The second kappa shape index (κ2) is 7.88. The number of para-hydroxylation sites is 1. The highest BCUT2D eigenvalue weighted by molar-refractivity contribution is 7.89. The van der Waals surface area contributed by atoms with Crippen LogP contribution in [0.4, 0.5) is 0 Å². The Kier molecular flexibility index (Phi) is 5.29. The second-order valence-corrected chi connectivity index (χ2v) is 8.69. The van der Waals surface area contributed by atoms with E-state index in [-0.39, 0.29) is 17.5 Å². The SMILES string of the molecule is COc1ccc(S(=O)(=O)N2CCC(Oc3ccc4ccccc4n3)C2)cc1OC. The van der Waals surface area contributed by atoms with Gasteiger partial charge in [-0.15, -0.1) is 0 Å². The number of rotatable bonds is 6. The maximum Gasteiger partial charge on any atom is 0.243 e. The molecule has 29 heavy (non-hydrogen) atoms. The van der Waals surface area contributed by atoms with E-state index in [9.17, 15) is 8.42 Å². The van der Waals surface area contributed by atoms with Gasteiger partial charge in [-0.05, 0) is 30.7 Å². The number of ether oxygens (including phenoxy) is 3. The second-order valence-electron chi connectivity index (χ2n) is 6.75. The molecule has 0 saturated carbocycles. The Hall–Kier alpha value is -2.84. The van der Waals surface area contributed by atoms with Crippen LogP contribution in [0.15, 0.2) is 59.5 Å².